The van der Waals surface area contributed by atoms with Crippen LogP contribution in [0, 0.1) is 0 Å². The molecule has 0 heterocycles. The van der Waals surface area contributed by atoms with Crippen molar-refractivity contribution in [2.24, 2.45) is 0 Å². The molecule has 0 aliphatic rings. The van der Waals surface area contributed by atoms with Gasteiger partial charge in [-0.1, -0.05) is 36.4 Å². The molecule has 0 saturated carbocycles. The molecule has 0 unspecified atom stereocenters. The Balaban J connectivity index is 1.64. The summed E-state index contributed by atoms with van der Waals surface area (Å²) in [7, 11) is 0. The predicted molar refractivity (Wildman–Crippen MR) is 204 cm³/mol. The van der Waals surface area contributed by atoms with Crippen LogP contribution in [-0.2, 0) is 0 Å². The Hall–Kier alpha value is -9.00. The van der Waals surface area contributed by atoms with Crippen molar-refractivity contribution >= 4 is 43.1 Å². The molecule has 0 aliphatic heterocycles. The van der Waals surface area contributed by atoms with Gasteiger partial charge in [0.25, 0.3) is 0 Å². The van der Waals surface area contributed by atoms with Gasteiger partial charge in [0.1, 0.15) is 0 Å². The maximum Gasteiger partial charge on any atom is 0.205 e. The molecule has 8 rings (SSSR count). The number of hydrogen-bond acceptors (Lipinski definition) is 19. The van der Waals surface area contributed by atoms with E-state index in [1.807, 2.05) is 0 Å². The molecule has 8 aromatic rings. The van der Waals surface area contributed by atoms with Gasteiger partial charge in [0.05, 0.1) is 16.5 Å². The molecular weight excluding hydrogens is 784 g/mol. The fraction of sp³-hybridized carbons (Fsp3) is 0. The molecule has 0 aliphatic carbocycles. The molecule has 0 bridgehead atoms. The van der Waals surface area contributed by atoms with Crippen molar-refractivity contribution in [2.75, 3.05) is 0 Å². The van der Waals surface area contributed by atoms with Gasteiger partial charge in [-0.3, -0.25) is 0 Å². The fourth-order valence-electron chi connectivity index (χ4n) is 7.56. The first-order valence-corrected chi connectivity index (χ1v) is 16.6. The maximum atomic E-state index is 11.8. The molecule has 59 heavy (non-hydrogen) atoms. The van der Waals surface area contributed by atoms with E-state index in [1.54, 1.807) is 30.3 Å². The van der Waals surface area contributed by atoms with Crippen LogP contribution in [-0.4, -0.2) is 97.0 Å². The van der Waals surface area contributed by atoms with E-state index < -0.39 is 169 Å². The van der Waals surface area contributed by atoms with Crippen LogP contribution in [0.15, 0.2) is 42.5 Å². The molecular formula is C40H26O19. The molecule has 0 fully saturated rings. The summed E-state index contributed by atoms with van der Waals surface area (Å²) in [5.74, 6) is -28.1. The number of phenolic OH excluding ortho intramolecular Hbond substituents is 19. The number of phenols is 19. The topological polar surface area (TPSA) is 384 Å². The zero-order chi connectivity index (χ0) is 43.0. The number of hydrogen-bond donors (Lipinski definition) is 19. The third kappa shape index (κ3) is 4.51. The second-order valence-corrected chi connectivity index (χ2v) is 13.3. The fourth-order valence-corrected chi connectivity index (χ4v) is 7.56. The van der Waals surface area contributed by atoms with E-state index in [1.165, 1.54) is 12.1 Å². The Morgan fingerprint density at radius 3 is 0.898 bits per heavy atom. The minimum absolute atomic E-state index is 0.00819. The van der Waals surface area contributed by atoms with E-state index >= 15 is 0 Å². The smallest absolute Gasteiger partial charge is 0.205 e. The van der Waals surface area contributed by atoms with E-state index in [2.05, 4.69) is 0 Å². The first kappa shape index (κ1) is 36.9. The molecule has 19 heteroatoms. The molecule has 300 valence electrons. The van der Waals surface area contributed by atoms with Gasteiger partial charge in [-0.05, 0) is 22.4 Å². The predicted octanol–water partition coefficient (Wildman–Crippen LogP) is 5.71. The van der Waals surface area contributed by atoms with Crippen molar-refractivity contribution < 1.29 is 97.0 Å². The van der Waals surface area contributed by atoms with Gasteiger partial charge in [0.15, 0.2) is 69.0 Å². The molecule has 0 spiro atoms. The van der Waals surface area contributed by atoms with Crippen LogP contribution in [0.1, 0.15) is 0 Å². The maximum absolute atomic E-state index is 11.8. The highest BCUT2D eigenvalue weighted by Gasteiger charge is 2.38. The summed E-state index contributed by atoms with van der Waals surface area (Å²) in [6.07, 6.45) is 0. The van der Waals surface area contributed by atoms with Gasteiger partial charge >= 0.3 is 0 Å². The highest BCUT2D eigenvalue weighted by Crippen LogP contribution is 2.68. The van der Waals surface area contributed by atoms with Gasteiger partial charge in [-0.2, -0.15) is 0 Å². The summed E-state index contributed by atoms with van der Waals surface area (Å²) >= 11 is 0. The lowest BCUT2D eigenvalue weighted by molar-refractivity contribution is 0.346. The van der Waals surface area contributed by atoms with Crippen LogP contribution in [0.4, 0.5) is 0 Å². The van der Waals surface area contributed by atoms with Crippen LogP contribution in [0.3, 0.4) is 0 Å². The molecule has 0 atom stereocenters. The van der Waals surface area contributed by atoms with E-state index in [9.17, 15) is 97.0 Å². The van der Waals surface area contributed by atoms with Gasteiger partial charge in [0.2, 0.25) is 40.2 Å². The summed E-state index contributed by atoms with van der Waals surface area (Å²) < 4.78 is 0. The molecule has 0 radical (unpaired) electrons. The Kier molecular flexibility index (Phi) is 7.51. The third-order valence-corrected chi connectivity index (χ3v) is 10.3. The summed E-state index contributed by atoms with van der Waals surface area (Å²) in [6, 6.07) is 11.1. The van der Waals surface area contributed by atoms with E-state index in [0.29, 0.717) is 10.8 Å². The lowest BCUT2D eigenvalue weighted by Crippen LogP contribution is -1.96. The van der Waals surface area contributed by atoms with Crippen molar-refractivity contribution in [2.45, 2.75) is 0 Å². The minimum Gasteiger partial charge on any atom is -0.504 e. The third-order valence-electron chi connectivity index (χ3n) is 10.3. The molecule has 0 saturated heterocycles. The lowest BCUT2D eigenvalue weighted by atomic mass is 9.82. The van der Waals surface area contributed by atoms with E-state index in [0.717, 1.165) is 0 Å². The highest BCUT2D eigenvalue weighted by molar-refractivity contribution is 6.30. The van der Waals surface area contributed by atoms with E-state index in [4.69, 9.17) is 0 Å². The average Bonchev–Trinajstić information content (AvgIpc) is 3.22. The van der Waals surface area contributed by atoms with Crippen LogP contribution in [0.25, 0.3) is 76.5 Å². The number of aromatic hydroxyl groups is 19. The van der Waals surface area contributed by atoms with Crippen LogP contribution in [0.5, 0.6) is 109 Å². The first-order chi connectivity index (χ1) is 27.8. The van der Waals surface area contributed by atoms with Gasteiger partial charge in [-0.15, -0.1) is 0 Å². The van der Waals surface area contributed by atoms with Crippen molar-refractivity contribution in [3.8, 4) is 143 Å². The van der Waals surface area contributed by atoms with Crippen LogP contribution < -0.4 is 0 Å². The first-order valence-electron chi connectivity index (χ1n) is 16.6. The van der Waals surface area contributed by atoms with Crippen molar-refractivity contribution in [1.82, 2.24) is 0 Å². The average molecular weight is 811 g/mol. The zero-order valence-electron chi connectivity index (χ0n) is 29.0. The Morgan fingerprint density at radius 1 is 0.203 bits per heavy atom. The number of fused-ring (bicyclic) bond motifs is 4. The van der Waals surface area contributed by atoms with Gasteiger partial charge in [0, 0.05) is 43.6 Å². The summed E-state index contributed by atoms with van der Waals surface area (Å²) in [5, 5.41) is 205. The largest absolute Gasteiger partial charge is 0.504 e. The van der Waals surface area contributed by atoms with Gasteiger partial charge < -0.3 is 97.0 Å². The Bertz CT molecular complexity index is 3140. The van der Waals surface area contributed by atoms with E-state index in [-0.39, 0.29) is 5.56 Å². The SMILES string of the molecule is Oc1c(O)c(-c2c3c(O)c(O)c(O)c(O)c3c(-c3ccc4ccccc4c3)c3c(O)c(O)c(O)c(O)c23)c(O)c(O)c1-c1c(O)c(O)c(O)c2c(O)c(O)c(O)c(O)c12. The van der Waals surface area contributed by atoms with Crippen molar-refractivity contribution in [3.63, 3.8) is 0 Å². The molecule has 0 amide bonds. The number of benzene rings is 8. The molecule has 19 N–H and O–H groups in total. The second kappa shape index (κ2) is 12.0. The van der Waals surface area contributed by atoms with Crippen molar-refractivity contribution in [3.05, 3.63) is 42.5 Å². The number of rotatable bonds is 3. The highest BCUT2D eigenvalue weighted by atomic mass is 16.4. The molecule has 19 nitrogen and oxygen atoms in total. The summed E-state index contributed by atoms with van der Waals surface area (Å²) in [6.45, 7) is 0. The summed E-state index contributed by atoms with van der Waals surface area (Å²) in [5.41, 5.74) is -5.45. The van der Waals surface area contributed by atoms with Crippen LogP contribution >= 0.6 is 0 Å². The second-order valence-electron chi connectivity index (χ2n) is 13.3. The standard InChI is InChI=1S/C40H26O19/c41-22-13-11(10-6-5-8-3-1-2-4-9(8)7-10)14-16(25(44)38(57)36(55)23(14)42)12(15(13)24(43)37(56)35(22)54)19-28(47)30(49)20(31(50)29(19)48)17-18-21(32(51)34(53)26(17)45)33(52)40(59)39(58)27(18)46/h1-7,41-59H. The van der Waals surface area contributed by atoms with Gasteiger partial charge in [-0.25, -0.2) is 0 Å². The quantitative estimate of drug-likeness (QED) is 0.0577. The zero-order valence-corrected chi connectivity index (χ0v) is 29.0. The monoisotopic (exact) mass is 810 g/mol. The Labute approximate surface area is 324 Å². The Morgan fingerprint density at radius 2 is 0.492 bits per heavy atom. The normalized spacial score (nSPS) is 11.7. The minimum atomic E-state index is -1.67. The van der Waals surface area contributed by atoms with Crippen LogP contribution in [0.2, 0.25) is 0 Å². The molecule has 0 aromatic heterocycles. The van der Waals surface area contributed by atoms with Crippen molar-refractivity contribution in [1.29, 1.82) is 0 Å². The summed E-state index contributed by atoms with van der Waals surface area (Å²) in [4.78, 5) is 0. The lowest BCUT2D eigenvalue weighted by Gasteiger charge is -2.24. The molecule has 8 aromatic carbocycles.